The van der Waals surface area contributed by atoms with Gasteiger partial charge in [0, 0.05) is 18.0 Å². The quantitative estimate of drug-likeness (QED) is 0.506. The standard InChI is InChI=1S/C27H38N2O4/c1-18-23(29-27(33-18)21-13-14-24(31-2)25(16-21)32-3)15-19-9-8-10-20(19)17-26(30)28-22-11-6-4-5-7-12-22/h13-14,16,19-20,22H,4-12,15,17H2,1-3H3,(H,28,30). The van der Waals surface area contributed by atoms with Crippen molar-refractivity contribution in [1.82, 2.24) is 10.3 Å². The zero-order chi connectivity index (χ0) is 23.2. The first kappa shape index (κ1) is 23.7. The molecule has 2 saturated carbocycles. The lowest BCUT2D eigenvalue weighted by atomic mass is 9.88. The van der Waals surface area contributed by atoms with Gasteiger partial charge in [0.05, 0.1) is 19.9 Å². The number of aryl methyl sites for hydroxylation is 1. The number of benzene rings is 1. The summed E-state index contributed by atoms with van der Waals surface area (Å²) in [7, 11) is 3.25. The molecule has 1 aromatic carbocycles. The van der Waals surface area contributed by atoms with Crippen molar-refractivity contribution in [1.29, 1.82) is 0 Å². The molecule has 2 atom stereocenters. The molecule has 6 heteroatoms. The molecule has 0 bridgehead atoms. The Bertz CT molecular complexity index is 930. The van der Waals surface area contributed by atoms with Crippen LogP contribution in [0.25, 0.3) is 11.5 Å². The van der Waals surface area contributed by atoms with Crippen molar-refractivity contribution >= 4 is 5.91 Å². The summed E-state index contributed by atoms with van der Waals surface area (Å²) in [5.74, 6) is 3.94. The SMILES string of the molecule is COc1ccc(-c2nc(CC3CCCC3CC(=O)NC3CCCCCC3)c(C)o2)cc1OC. The first-order valence-electron chi connectivity index (χ1n) is 12.6. The lowest BCUT2D eigenvalue weighted by molar-refractivity contribution is -0.123. The van der Waals surface area contributed by atoms with Crippen molar-refractivity contribution < 1.29 is 18.7 Å². The summed E-state index contributed by atoms with van der Waals surface area (Å²) in [5, 5.41) is 3.33. The van der Waals surface area contributed by atoms with Crippen LogP contribution in [0.1, 0.15) is 75.7 Å². The highest BCUT2D eigenvalue weighted by molar-refractivity contribution is 5.76. The highest BCUT2D eigenvalue weighted by atomic mass is 16.5. The maximum absolute atomic E-state index is 12.8. The number of rotatable bonds is 8. The highest BCUT2D eigenvalue weighted by Gasteiger charge is 2.31. The van der Waals surface area contributed by atoms with Crippen LogP contribution < -0.4 is 14.8 Å². The van der Waals surface area contributed by atoms with Gasteiger partial charge in [-0.1, -0.05) is 32.1 Å². The summed E-state index contributed by atoms with van der Waals surface area (Å²) in [6.45, 7) is 1.98. The minimum atomic E-state index is 0.238. The van der Waals surface area contributed by atoms with Crippen molar-refractivity contribution in [2.45, 2.75) is 83.6 Å². The van der Waals surface area contributed by atoms with Gasteiger partial charge in [0.15, 0.2) is 11.5 Å². The Labute approximate surface area is 197 Å². The van der Waals surface area contributed by atoms with Crippen LogP contribution in [0, 0.1) is 18.8 Å². The number of carbonyl (C=O) groups is 1. The number of aromatic nitrogens is 1. The van der Waals surface area contributed by atoms with Crippen LogP contribution in [0.4, 0.5) is 0 Å². The summed E-state index contributed by atoms with van der Waals surface area (Å²) in [6, 6.07) is 6.07. The molecule has 2 aliphatic rings. The van der Waals surface area contributed by atoms with Crippen LogP contribution in [-0.2, 0) is 11.2 Å². The van der Waals surface area contributed by atoms with Crippen molar-refractivity contribution in [3.8, 4) is 23.0 Å². The Morgan fingerprint density at radius 3 is 2.45 bits per heavy atom. The zero-order valence-electron chi connectivity index (χ0n) is 20.3. The molecule has 1 aromatic heterocycles. The van der Waals surface area contributed by atoms with E-state index in [1.54, 1.807) is 14.2 Å². The van der Waals surface area contributed by atoms with Gasteiger partial charge in [0.1, 0.15) is 5.76 Å². The number of nitrogens with one attached hydrogen (secondary N) is 1. The van der Waals surface area contributed by atoms with E-state index < -0.39 is 0 Å². The Morgan fingerprint density at radius 1 is 1.00 bits per heavy atom. The second-order valence-corrected chi connectivity index (χ2v) is 9.71. The summed E-state index contributed by atoms with van der Waals surface area (Å²) in [4.78, 5) is 17.6. The third-order valence-electron chi connectivity index (χ3n) is 7.46. The van der Waals surface area contributed by atoms with Crippen LogP contribution in [0.2, 0.25) is 0 Å². The van der Waals surface area contributed by atoms with Crippen LogP contribution in [-0.4, -0.2) is 31.2 Å². The highest BCUT2D eigenvalue weighted by Crippen LogP contribution is 2.38. The molecule has 2 aliphatic carbocycles. The van der Waals surface area contributed by atoms with Crippen molar-refractivity contribution in [2.75, 3.05) is 14.2 Å². The number of hydrogen-bond donors (Lipinski definition) is 1. The number of oxazole rings is 1. The Hall–Kier alpha value is -2.50. The average molecular weight is 455 g/mol. The van der Waals surface area contributed by atoms with Crippen LogP contribution >= 0.6 is 0 Å². The Morgan fingerprint density at radius 2 is 1.73 bits per heavy atom. The second kappa shape index (κ2) is 11.1. The summed E-state index contributed by atoms with van der Waals surface area (Å²) in [5.41, 5.74) is 1.87. The predicted molar refractivity (Wildman–Crippen MR) is 129 cm³/mol. The molecule has 180 valence electrons. The van der Waals surface area contributed by atoms with Gasteiger partial charge in [-0.15, -0.1) is 0 Å². The van der Waals surface area contributed by atoms with Crippen molar-refractivity contribution in [3.05, 3.63) is 29.7 Å². The summed E-state index contributed by atoms with van der Waals surface area (Å²) in [6.07, 6.45) is 12.3. The fourth-order valence-electron chi connectivity index (χ4n) is 5.56. The van der Waals surface area contributed by atoms with E-state index in [-0.39, 0.29) is 5.91 Å². The van der Waals surface area contributed by atoms with E-state index in [9.17, 15) is 4.79 Å². The first-order valence-corrected chi connectivity index (χ1v) is 12.6. The third-order valence-corrected chi connectivity index (χ3v) is 7.46. The van der Waals surface area contributed by atoms with Crippen molar-refractivity contribution in [2.24, 2.45) is 11.8 Å². The fraction of sp³-hybridized carbons (Fsp3) is 0.630. The van der Waals surface area contributed by atoms with Crippen molar-refractivity contribution in [3.63, 3.8) is 0 Å². The number of carbonyl (C=O) groups excluding carboxylic acids is 1. The molecular weight excluding hydrogens is 416 g/mol. The smallest absolute Gasteiger partial charge is 0.226 e. The minimum Gasteiger partial charge on any atom is -0.493 e. The summed E-state index contributed by atoms with van der Waals surface area (Å²) < 4.78 is 16.8. The monoisotopic (exact) mass is 454 g/mol. The molecule has 6 nitrogen and oxygen atoms in total. The molecule has 0 saturated heterocycles. The largest absolute Gasteiger partial charge is 0.493 e. The Kier molecular flexibility index (Phi) is 7.94. The van der Waals surface area contributed by atoms with Gasteiger partial charge < -0.3 is 19.2 Å². The van der Waals surface area contributed by atoms with Crippen LogP contribution in [0.5, 0.6) is 11.5 Å². The molecule has 2 aromatic rings. The van der Waals surface area contributed by atoms with Gasteiger partial charge in [0.2, 0.25) is 11.8 Å². The third kappa shape index (κ3) is 5.90. The van der Waals surface area contributed by atoms with Gasteiger partial charge in [-0.2, -0.15) is 0 Å². The average Bonchev–Trinajstić information content (AvgIpc) is 3.31. The van der Waals surface area contributed by atoms with Gasteiger partial charge in [-0.25, -0.2) is 4.98 Å². The van der Waals surface area contributed by atoms with Gasteiger partial charge in [-0.05, 0) is 69.1 Å². The topological polar surface area (TPSA) is 73.6 Å². The molecule has 33 heavy (non-hydrogen) atoms. The molecule has 1 amide bonds. The molecule has 2 unspecified atom stereocenters. The molecule has 4 rings (SSSR count). The molecule has 0 aliphatic heterocycles. The van der Waals surface area contributed by atoms with E-state index in [1.807, 2.05) is 25.1 Å². The van der Waals surface area contributed by atoms with E-state index in [0.717, 1.165) is 49.1 Å². The van der Waals surface area contributed by atoms with Gasteiger partial charge in [-0.3, -0.25) is 4.79 Å². The minimum absolute atomic E-state index is 0.238. The predicted octanol–water partition coefficient (Wildman–Crippen LogP) is 5.86. The maximum Gasteiger partial charge on any atom is 0.226 e. The van der Waals surface area contributed by atoms with Gasteiger partial charge >= 0.3 is 0 Å². The van der Waals surface area contributed by atoms with Crippen LogP contribution in [0.15, 0.2) is 22.6 Å². The van der Waals surface area contributed by atoms with E-state index in [1.165, 1.54) is 32.1 Å². The Balaban J connectivity index is 1.39. The lowest BCUT2D eigenvalue weighted by Gasteiger charge is -2.21. The van der Waals surface area contributed by atoms with E-state index in [2.05, 4.69) is 5.32 Å². The number of hydrogen-bond acceptors (Lipinski definition) is 5. The number of methoxy groups -OCH3 is 2. The van der Waals surface area contributed by atoms with E-state index in [4.69, 9.17) is 18.9 Å². The fourth-order valence-corrected chi connectivity index (χ4v) is 5.56. The molecular formula is C27H38N2O4. The molecule has 1 N–H and O–H groups in total. The number of ether oxygens (including phenoxy) is 2. The second-order valence-electron chi connectivity index (χ2n) is 9.71. The number of amides is 1. The first-order chi connectivity index (χ1) is 16.1. The zero-order valence-corrected chi connectivity index (χ0v) is 20.3. The lowest BCUT2D eigenvalue weighted by Crippen LogP contribution is -2.36. The molecule has 1 heterocycles. The van der Waals surface area contributed by atoms with E-state index >= 15 is 0 Å². The van der Waals surface area contributed by atoms with Gasteiger partial charge in [0.25, 0.3) is 0 Å². The maximum atomic E-state index is 12.8. The number of nitrogens with zero attached hydrogens (tertiary/aromatic N) is 1. The molecule has 0 radical (unpaired) electrons. The normalized spacial score (nSPS) is 21.5. The van der Waals surface area contributed by atoms with E-state index in [0.29, 0.717) is 41.7 Å². The molecule has 0 spiro atoms. The molecule has 2 fully saturated rings. The van der Waals surface area contributed by atoms with Crippen LogP contribution in [0.3, 0.4) is 0 Å². The summed E-state index contributed by atoms with van der Waals surface area (Å²) >= 11 is 0.